The van der Waals surface area contributed by atoms with Crippen molar-refractivity contribution in [1.29, 1.82) is 0 Å². The molecule has 2 rings (SSSR count). The van der Waals surface area contributed by atoms with E-state index >= 15 is 0 Å². The molecular formula is C11H12N4O2. The van der Waals surface area contributed by atoms with Crippen LogP contribution in [0.5, 0.6) is 0 Å². The van der Waals surface area contributed by atoms with E-state index in [-0.39, 0.29) is 0 Å². The normalized spacial score (nSPS) is 10.9. The molecule has 1 aromatic heterocycles. The lowest BCUT2D eigenvalue weighted by atomic mass is 10.2. The van der Waals surface area contributed by atoms with E-state index < -0.39 is 5.69 Å². The molecule has 0 saturated heterocycles. The first-order chi connectivity index (χ1) is 8.33. The van der Waals surface area contributed by atoms with Gasteiger partial charge in [0, 0.05) is 5.56 Å². The summed E-state index contributed by atoms with van der Waals surface area (Å²) in [4.78, 5) is 11.5. The Morgan fingerprint density at radius 3 is 2.94 bits per heavy atom. The van der Waals surface area contributed by atoms with Crippen molar-refractivity contribution in [2.75, 3.05) is 6.61 Å². The van der Waals surface area contributed by atoms with Gasteiger partial charge in [0.15, 0.2) is 12.2 Å². The summed E-state index contributed by atoms with van der Waals surface area (Å²) in [7, 11) is 0. The van der Waals surface area contributed by atoms with Gasteiger partial charge in [-0.05, 0) is 6.92 Å². The van der Waals surface area contributed by atoms with Crippen LogP contribution >= 0.6 is 0 Å². The second-order valence-corrected chi connectivity index (χ2v) is 3.21. The average molecular weight is 232 g/mol. The number of nitrogens with one attached hydrogen (secondary N) is 1. The number of aromatic amines is 1. The molecule has 0 aliphatic carbocycles. The lowest BCUT2D eigenvalue weighted by molar-refractivity contribution is 0.340. The lowest BCUT2D eigenvalue weighted by Crippen LogP contribution is -2.13. The molecular weight excluding hydrogens is 220 g/mol. The molecule has 2 aromatic rings. The van der Waals surface area contributed by atoms with Crippen molar-refractivity contribution in [3.05, 3.63) is 40.8 Å². The van der Waals surface area contributed by atoms with Gasteiger partial charge in [0.2, 0.25) is 0 Å². The van der Waals surface area contributed by atoms with Crippen LogP contribution in [0.3, 0.4) is 0 Å². The van der Waals surface area contributed by atoms with Crippen molar-refractivity contribution in [1.82, 2.24) is 14.9 Å². The molecule has 88 valence electrons. The number of aromatic nitrogens is 3. The molecule has 0 aliphatic heterocycles. The van der Waals surface area contributed by atoms with Crippen LogP contribution in [-0.4, -0.2) is 27.9 Å². The fraction of sp³-hybridized carbons (Fsp3) is 0.182. The standard InChI is InChI=1S/C11H12N4O2/c1-2-17-8-12-15-10(13-14-11(15)16)9-6-4-3-5-7-9/h3-8H,2H2,1H3,(H,14,16)/b12-8+. The maximum atomic E-state index is 11.5. The Balaban J connectivity index is 2.39. The summed E-state index contributed by atoms with van der Waals surface area (Å²) >= 11 is 0. The molecule has 0 atom stereocenters. The van der Waals surface area contributed by atoms with Crippen molar-refractivity contribution in [3.63, 3.8) is 0 Å². The summed E-state index contributed by atoms with van der Waals surface area (Å²) in [5.74, 6) is 0.451. The molecule has 0 aliphatic rings. The minimum absolute atomic E-state index is 0.403. The Labute approximate surface area is 97.6 Å². The monoisotopic (exact) mass is 232 g/mol. The Morgan fingerprint density at radius 2 is 2.24 bits per heavy atom. The number of ether oxygens (including phenoxy) is 1. The van der Waals surface area contributed by atoms with Crippen LogP contribution in [0, 0.1) is 0 Å². The number of rotatable bonds is 4. The molecule has 0 saturated carbocycles. The number of hydrogen-bond acceptors (Lipinski definition) is 4. The van der Waals surface area contributed by atoms with Gasteiger partial charge in [0.1, 0.15) is 0 Å². The van der Waals surface area contributed by atoms with E-state index in [1.807, 2.05) is 37.3 Å². The first-order valence-corrected chi connectivity index (χ1v) is 5.20. The smallest absolute Gasteiger partial charge is 0.364 e. The third-order valence-corrected chi connectivity index (χ3v) is 2.09. The molecule has 1 aromatic carbocycles. The number of benzene rings is 1. The van der Waals surface area contributed by atoms with Crippen LogP contribution < -0.4 is 5.69 Å². The fourth-order valence-electron chi connectivity index (χ4n) is 1.33. The van der Waals surface area contributed by atoms with E-state index in [4.69, 9.17) is 4.74 Å². The molecule has 6 nitrogen and oxygen atoms in total. The van der Waals surface area contributed by atoms with Crippen LogP contribution in [0.15, 0.2) is 40.2 Å². The van der Waals surface area contributed by atoms with E-state index in [0.717, 1.165) is 10.2 Å². The summed E-state index contributed by atoms with van der Waals surface area (Å²) < 4.78 is 6.12. The maximum absolute atomic E-state index is 11.5. The summed E-state index contributed by atoms with van der Waals surface area (Å²) in [5, 5.41) is 10.2. The molecule has 0 radical (unpaired) electrons. The van der Waals surface area contributed by atoms with E-state index in [1.54, 1.807) is 0 Å². The highest BCUT2D eigenvalue weighted by molar-refractivity contribution is 5.55. The van der Waals surface area contributed by atoms with Gasteiger partial charge in [-0.2, -0.15) is 9.77 Å². The van der Waals surface area contributed by atoms with Crippen LogP contribution in [0.1, 0.15) is 6.92 Å². The van der Waals surface area contributed by atoms with Crippen LogP contribution in [0.4, 0.5) is 0 Å². The van der Waals surface area contributed by atoms with Crippen LogP contribution in [0.2, 0.25) is 0 Å². The molecule has 0 amide bonds. The van der Waals surface area contributed by atoms with Crippen molar-refractivity contribution >= 4 is 6.40 Å². The predicted molar refractivity (Wildman–Crippen MR) is 63.8 cm³/mol. The van der Waals surface area contributed by atoms with Crippen molar-refractivity contribution in [2.45, 2.75) is 6.92 Å². The van der Waals surface area contributed by atoms with E-state index in [2.05, 4.69) is 15.3 Å². The molecule has 1 N–H and O–H groups in total. The number of H-pyrrole nitrogens is 1. The van der Waals surface area contributed by atoms with Gasteiger partial charge in [-0.25, -0.2) is 9.89 Å². The van der Waals surface area contributed by atoms with Crippen LogP contribution in [-0.2, 0) is 4.74 Å². The zero-order valence-electron chi connectivity index (χ0n) is 9.33. The van der Waals surface area contributed by atoms with Gasteiger partial charge >= 0.3 is 5.69 Å². The Bertz CT molecular complexity index is 556. The molecule has 0 unspecified atom stereocenters. The summed E-state index contributed by atoms with van der Waals surface area (Å²) in [5.41, 5.74) is 0.402. The Morgan fingerprint density at radius 1 is 1.47 bits per heavy atom. The second-order valence-electron chi connectivity index (χ2n) is 3.21. The highest BCUT2D eigenvalue weighted by Gasteiger charge is 2.08. The van der Waals surface area contributed by atoms with E-state index in [0.29, 0.717) is 12.4 Å². The minimum atomic E-state index is -0.403. The quantitative estimate of drug-likeness (QED) is 0.633. The van der Waals surface area contributed by atoms with E-state index in [1.165, 1.54) is 6.40 Å². The highest BCUT2D eigenvalue weighted by Crippen LogP contribution is 2.13. The molecule has 17 heavy (non-hydrogen) atoms. The molecule has 0 fully saturated rings. The number of nitrogens with zero attached hydrogens (tertiary/aromatic N) is 3. The summed E-state index contributed by atoms with van der Waals surface area (Å²) in [6, 6.07) is 9.32. The molecule has 0 spiro atoms. The molecule has 0 bridgehead atoms. The SMILES string of the molecule is CCO/C=N/n1c(-c2ccccc2)n[nH]c1=O. The first kappa shape index (κ1) is 11.1. The Kier molecular flexibility index (Phi) is 3.34. The highest BCUT2D eigenvalue weighted by atomic mass is 16.5. The van der Waals surface area contributed by atoms with Crippen molar-refractivity contribution in [3.8, 4) is 11.4 Å². The molecule has 1 heterocycles. The average Bonchev–Trinajstić information content (AvgIpc) is 2.73. The van der Waals surface area contributed by atoms with Gasteiger partial charge < -0.3 is 4.74 Å². The predicted octanol–water partition coefficient (Wildman–Crippen LogP) is 1.07. The lowest BCUT2D eigenvalue weighted by Gasteiger charge is -1.99. The third-order valence-electron chi connectivity index (χ3n) is 2.09. The zero-order valence-corrected chi connectivity index (χ0v) is 9.33. The topological polar surface area (TPSA) is 72.3 Å². The maximum Gasteiger partial charge on any atom is 0.364 e. The fourth-order valence-corrected chi connectivity index (χ4v) is 1.33. The van der Waals surface area contributed by atoms with Crippen LogP contribution in [0.25, 0.3) is 11.4 Å². The Hall–Kier alpha value is -2.37. The first-order valence-electron chi connectivity index (χ1n) is 5.20. The van der Waals surface area contributed by atoms with Gasteiger partial charge in [-0.15, -0.1) is 5.10 Å². The van der Waals surface area contributed by atoms with Gasteiger partial charge in [0.25, 0.3) is 0 Å². The summed E-state index contributed by atoms with van der Waals surface area (Å²) in [6.07, 6.45) is 1.23. The largest absolute Gasteiger partial charge is 0.482 e. The second kappa shape index (κ2) is 5.11. The number of hydrogen-bond donors (Lipinski definition) is 1. The van der Waals surface area contributed by atoms with Gasteiger partial charge in [0.05, 0.1) is 6.61 Å². The minimum Gasteiger partial charge on any atom is -0.482 e. The molecule has 6 heteroatoms. The van der Waals surface area contributed by atoms with Crippen molar-refractivity contribution in [2.24, 2.45) is 5.10 Å². The third kappa shape index (κ3) is 2.41. The zero-order chi connectivity index (χ0) is 12.1. The van der Waals surface area contributed by atoms with Crippen molar-refractivity contribution < 1.29 is 4.74 Å². The van der Waals surface area contributed by atoms with Gasteiger partial charge in [-0.3, -0.25) is 0 Å². The van der Waals surface area contributed by atoms with E-state index in [9.17, 15) is 4.79 Å². The summed E-state index contributed by atoms with van der Waals surface area (Å²) in [6.45, 7) is 2.33. The van der Waals surface area contributed by atoms with Gasteiger partial charge in [-0.1, -0.05) is 30.3 Å².